The summed E-state index contributed by atoms with van der Waals surface area (Å²) in [5.41, 5.74) is 1.57. The zero-order valence-corrected chi connectivity index (χ0v) is 14.0. The predicted octanol–water partition coefficient (Wildman–Crippen LogP) is 5.73. The van der Waals surface area contributed by atoms with Crippen molar-refractivity contribution < 1.29 is 9.47 Å². The summed E-state index contributed by atoms with van der Waals surface area (Å²) in [7, 11) is 1.54. The molecule has 0 saturated heterocycles. The van der Waals surface area contributed by atoms with Gasteiger partial charge in [0.05, 0.1) is 24.1 Å². The van der Waals surface area contributed by atoms with Gasteiger partial charge in [0.15, 0.2) is 0 Å². The second kappa shape index (κ2) is 7.26. The molecule has 0 aliphatic carbocycles. The van der Waals surface area contributed by atoms with E-state index in [-0.39, 0.29) is 0 Å². The Hall–Kier alpha value is -1.09. The predicted molar refractivity (Wildman–Crippen MR) is 88.3 cm³/mol. The molecular formula is C16H15Cl3O2. The second-order valence-corrected chi connectivity index (χ2v) is 5.59. The van der Waals surface area contributed by atoms with E-state index in [1.54, 1.807) is 19.2 Å². The van der Waals surface area contributed by atoms with E-state index in [1.807, 2.05) is 31.2 Å². The van der Waals surface area contributed by atoms with Gasteiger partial charge in [-0.2, -0.15) is 0 Å². The fourth-order valence-electron chi connectivity index (χ4n) is 2.04. The Morgan fingerprint density at radius 3 is 2.38 bits per heavy atom. The first-order valence-corrected chi connectivity index (χ1v) is 7.66. The molecule has 0 fully saturated rings. The third-order valence-electron chi connectivity index (χ3n) is 3.04. The minimum Gasteiger partial charge on any atom is -0.495 e. The van der Waals surface area contributed by atoms with E-state index in [2.05, 4.69) is 0 Å². The van der Waals surface area contributed by atoms with Gasteiger partial charge in [-0.3, -0.25) is 0 Å². The highest BCUT2D eigenvalue weighted by Gasteiger charge is 2.20. The molecule has 0 heterocycles. The minimum absolute atomic E-state index is 0.455. The highest BCUT2D eigenvalue weighted by Crippen LogP contribution is 2.41. The number of rotatable bonds is 5. The molecule has 112 valence electrons. The lowest BCUT2D eigenvalue weighted by Gasteiger charge is -2.17. The van der Waals surface area contributed by atoms with Crippen LogP contribution in [0, 0.1) is 0 Å². The number of para-hydroxylation sites is 1. The molecule has 0 aliphatic heterocycles. The first-order valence-electron chi connectivity index (χ1n) is 6.47. The summed E-state index contributed by atoms with van der Waals surface area (Å²) in [6.07, 6.45) is 0. The van der Waals surface area contributed by atoms with Crippen molar-refractivity contribution in [3.63, 3.8) is 0 Å². The van der Waals surface area contributed by atoms with Gasteiger partial charge in [-0.15, -0.1) is 11.6 Å². The van der Waals surface area contributed by atoms with Crippen LogP contribution in [-0.4, -0.2) is 13.7 Å². The van der Waals surface area contributed by atoms with Crippen LogP contribution in [0.1, 0.15) is 23.4 Å². The van der Waals surface area contributed by atoms with Crippen LogP contribution in [0.5, 0.6) is 11.5 Å². The summed E-state index contributed by atoms with van der Waals surface area (Å²) in [6, 6.07) is 11.0. The Bertz CT molecular complexity index is 629. The maximum atomic E-state index is 6.58. The largest absolute Gasteiger partial charge is 0.495 e. The number of alkyl halides is 1. The number of hydrogen-bond acceptors (Lipinski definition) is 2. The molecule has 0 saturated carbocycles. The third kappa shape index (κ3) is 3.57. The van der Waals surface area contributed by atoms with E-state index < -0.39 is 5.38 Å². The van der Waals surface area contributed by atoms with E-state index in [4.69, 9.17) is 44.3 Å². The highest BCUT2D eigenvalue weighted by atomic mass is 35.5. The van der Waals surface area contributed by atoms with Crippen molar-refractivity contribution in [3.05, 3.63) is 57.6 Å². The van der Waals surface area contributed by atoms with Crippen molar-refractivity contribution in [1.29, 1.82) is 0 Å². The van der Waals surface area contributed by atoms with Gasteiger partial charge in [0, 0.05) is 16.7 Å². The van der Waals surface area contributed by atoms with Crippen LogP contribution >= 0.6 is 34.8 Å². The molecule has 0 bridgehead atoms. The maximum Gasteiger partial charge on any atom is 0.138 e. The number of methoxy groups -OCH3 is 1. The summed E-state index contributed by atoms with van der Waals surface area (Å²) in [6.45, 7) is 2.50. The summed E-state index contributed by atoms with van der Waals surface area (Å²) in [5.74, 6) is 1.26. The molecule has 0 spiro atoms. The molecule has 2 rings (SSSR count). The highest BCUT2D eigenvalue weighted by molar-refractivity contribution is 6.36. The molecule has 2 aromatic rings. The van der Waals surface area contributed by atoms with Gasteiger partial charge >= 0.3 is 0 Å². The van der Waals surface area contributed by atoms with Crippen LogP contribution in [0.2, 0.25) is 10.0 Å². The van der Waals surface area contributed by atoms with E-state index in [0.717, 1.165) is 16.9 Å². The lowest BCUT2D eigenvalue weighted by Crippen LogP contribution is -2.01. The Kier molecular flexibility index (Phi) is 5.63. The second-order valence-electron chi connectivity index (χ2n) is 4.34. The summed E-state index contributed by atoms with van der Waals surface area (Å²) in [5, 5.41) is 0.516. The number of benzene rings is 2. The van der Waals surface area contributed by atoms with Gasteiger partial charge in [-0.1, -0.05) is 41.4 Å². The molecule has 5 heteroatoms. The molecule has 0 amide bonds. The summed E-state index contributed by atoms with van der Waals surface area (Å²) < 4.78 is 10.8. The van der Waals surface area contributed by atoms with Crippen molar-refractivity contribution in [2.45, 2.75) is 12.3 Å². The molecule has 1 unspecified atom stereocenters. The van der Waals surface area contributed by atoms with Crippen LogP contribution in [0.4, 0.5) is 0 Å². The molecule has 0 radical (unpaired) electrons. The monoisotopic (exact) mass is 344 g/mol. The zero-order chi connectivity index (χ0) is 15.4. The van der Waals surface area contributed by atoms with Crippen LogP contribution in [0.3, 0.4) is 0 Å². The van der Waals surface area contributed by atoms with Crippen LogP contribution < -0.4 is 9.47 Å². The quantitative estimate of drug-likeness (QED) is 0.644. The standard InChI is InChI=1S/C16H15Cl3O2/c1-3-21-14-7-5-4-6-10(14)16(19)11-8-13(18)15(20-2)9-12(11)17/h4-9,16H,3H2,1-2H3. The molecule has 2 nitrogen and oxygen atoms in total. The molecule has 0 aliphatic rings. The van der Waals surface area contributed by atoms with Crippen molar-refractivity contribution in [1.82, 2.24) is 0 Å². The lowest BCUT2D eigenvalue weighted by molar-refractivity contribution is 0.337. The Morgan fingerprint density at radius 1 is 1.00 bits per heavy atom. The average molecular weight is 346 g/mol. The first-order chi connectivity index (χ1) is 10.1. The van der Waals surface area contributed by atoms with Gasteiger partial charge in [0.25, 0.3) is 0 Å². The minimum atomic E-state index is -0.455. The van der Waals surface area contributed by atoms with Crippen molar-refractivity contribution in [2.24, 2.45) is 0 Å². The average Bonchev–Trinajstić information content (AvgIpc) is 2.49. The fraction of sp³-hybridized carbons (Fsp3) is 0.250. The van der Waals surface area contributed by atoms with Gasteiger partial charge in [-0.25, -0.2) is 0 Å². The van der Waals surface area contributed by atoms with Crippen LogP contribution in [0.25, 0.3) is 0 Å². The Balaban J connectivity index is 2.45. The lowest BCUT2D eigenvalue weighted by atomic mass is 10.0. The van der Waals surface area contributed by atoms with Crippen LogP contribution in [-0.2, 0) is 0 Å². The smallest absolute Gasteiger partial charge is 0.138 e. The summed E-state index contributed by atoms with van der Waals surface area (Å²) in [4.78, 5) is 0. The summed E-state index contributed by atoms with van der Waals surface area (Å²) >= 11 is 19.0. The molecule has 2 aromatic carbocycles. The van der Waals surface area contributed by atoms with Gasteiger partial charge < -0.3 is 9.47 Å². The maximum absolute atomic E-state index is 6.58. The van der Waals surface area contributed by atoms with Crippen LogP contribution in [0.15, 0.2) is 36.4 Å². The molecule has 1 atom stereocenters. The normalized spacial score (nSPS) is 12.0. The van der Waals surface area contributed by atoms with Gasteiger partial charge in [0.1, 0.15) is 11.5 Å². The van der Waals surface area contributed by atoms with Crippen molar-refractivity contribution >= 4 is 34.8 Å². The molecular weight excluding hydrogens is 331 g/mol. The number of hydrogen-bond donors (Lipinski definition) is 0. The van der Waals surface area contributed by atoms with Crippen molar-refractivity contribution in [2.75, 3.05) is 13.7 Å². The van der Waals surface area contributed by atoms with E-state index >= 15 is 0 Å². The van der Waals surface area contributed by atoms with Gasteiger partial charge in [-0.05, 0) is 24.6 Å². The van der Waals surface area contributed by atoms with E-state index in [9.17, 15) is 0 Å². The number of halogens is 3. The third-order valence-corrected chi connectivity index (χ3v) is 4.13. The van der Waals surface area contributed by atoms with E-state index in [1.165, 1.54) is 0 Å². The Morgan fingerprint density at radius 2 is 1.71 bits per heavy atom. The fourth-order valence-corrected chi connectivity index (χ4v) is 2.97. The van der Waals surface area contributed by atoms with E-state index in [0.29, 0.717) is 22.4 Å². The SMILES string of the molecule is CCOc1ccccc1C(Cl)c1cc(Cl)c(OC)cc1Cl. The molecule has 0 aromatic heterocycles. The molecule has 21 heavy (non-hydrogen) atoms. The first kappa shape index (κ1) is 16.3. The molecule has 0 N–H and O–H groups in total. The topological polar surface area (TPSA) is 18.5 Å². The Labute approximate surface area is 139 Å². The number of ether oxygens (including phenoxy) is 2. The van der Waals surface area contributed by atoms with Crippen molar-refractivity contribution in [3.8, 4) is 11.5 Å². The van der Waals surface area contributed by atoms with Gasteiger partial charge in [0.2, 0.25) is 0 Å². The zero-order valence-electron chi connectivity index (χ0n) is 11.7.